The van der Waals surface area contributed by atoms with Crippen LogP contribution in [0.4, 0.5) is 0 Å². The van der Waals surface area contributed by atoms with Crippen LogP contribution in [0.3, 0.4) is 0 Å². The Kier molecular flexibility index (Phi) is 7.36. The van der Waals surface area contributed by atoms with Crippen LogP contribution in [-0.2, 0) is 10.1 Å². The van der Waals surface area contributed by atoms with E-state index >= 15 is 0 Å². The third-order valence-corrected chi connectivity index (χ3v) is 3.68. The molecule has 1 saturated carbocycles. The van der Waals surface area contributed by atoms with Crippen molar-refractivity contribution in [2.75, 3.05) is 0 Å². The van der Waals surface area contributed by atoms with Crippen molar-refractivity contribution >= 4 is 38.0 Å². The molecule has 0 atom stereocenters. The minimum absolute atomic E-state index is 0.465. The molecule has 0 aromatic carbocycles. The van der Waals surface area contributed by atoms with Gasteiger partial charge in [-0.15, -0.1) is 0 Å². The van der Waals surface area contributed by atoms with Gasteiger partial charge in [0.25, 0.3) is 10.1 Å². The summed E-state index contributed by atoms with van der Waals surface area (Å²) in [5.41, 5.74) is 0. The van der Waals surface area contributed by atoms with Crippen molar-refractivity contribution in [2.24, 2.45) is 0 Å². The zero-order valence-electron chi connectivity index (χ0n) is 8.07. The Hall–Kier alpha value is 0.650. The van der Waals surface area contributed by atoms with Gasteiger partial charge in [0.05, 0.1) is 5.41 Å². The van der Waals surface area contributed by atoms with Gasteiger partial charge in [-0.25, -0.2) is 0 Å². The molecule has 1 aliphatic rings. The molecular formula is C8H15NaO3S. The van der Waals surface area contributed by atoms with Crippen molar-refractivity contribution in [3.63, 3.8) is 0 Å². The molecule has 0 bridgehead atoms. The molecule has 72 valence electrons. The van der Waals surface area contributed by atoms with Crippen molar-refractivity contribution in [1.82, 2.24) is 0 Å². The summed E-state index contributed by atoms with van der Waals surface area (Å²) in [5.74, 6) is 0. The van der Waals surface area contributed by atoms with Gasteiger partial charge >= 0.3 is 63.2 Å². The second-order valence-corrected chi connectivity index (χ2v) is 6.42. The zero-order chi connectivity index (χ0) is 10.3. The van der Waals surface area contributed by atoms with Crippen LogP contribution < -0.4 is 0 Å². The van der Waals surface area contributed by atoms with Crippen LogP contribution in [-0.4, -0.2) is 40.9 Å². The predicted octanol–water partition coefficient (Wildman–Crippen LogP) is 1.93. The first-order chi connectivity index (χ1) is 5.95. The monoisotopic (exact) mass is 214 g/mol. The number of hydrogen-bond acceptors (Lipinski definition) is 2. The van der Waals surface area contributed by atoms with Gasteiger partial charge in [-0.3, -0.25) is 4.55 Å². The van der Waals surface area contributed by atoms with Crippen molar-refractivity contribution in [3.8, 4) is 0 Å². The average Bonchev–Trinajstić information content (AvgIpc) is 2.06. The summed E-state index contributed by atoms with van der Waals surface area (Å²) in [6.45, 7) is 2.79. The van der Waals surface area contributed by atoms with E-state index in [-0.39, 0.29) is 0 Å². The molecule has 1 fully saturated rings. The van der Waals surface area contributed by atoms with Crippen molar-refractivity contribution in [2.45, 2.75) is 35.3 Å². The first-order valence-electron chi connectivity index (χ1n) is 4.55. The Labute approximate surface area is 97.8 Å². The van der Waals surface area contributed by atoms with E-state index in [9.17, 15) is 8.42 Å². The maximum atomic E-state index is 9.44. The first kappa shape index (κ1) is 13.7. The van der Waals surface area contributed by atoms with Crippen LogP contribution in [0.25, 0.3) is 0 Å². The van der Waals surface area contributed by atoms with Gasteiger partial charge in [-0.1, -0.05) is 6.58 Å². The quantitative estimate of drug-likeness (QED) is 0.536. The molecule has 0 aliphatic heterocycles. The molecule has 0 aromatic rings. The van der Waals surface area contributed by atoms with E-state index in [0.29, 0.717) is 5.41 Å². The second kappa shape index (κ2) is 7.01. The molecule has 0 amide bonds. The molecule has 3 nitrogen and oxygen atoms in total. The second-order valence-electron chi connectivity index (χ2n) is 3.42. The maximum absolute atomic E-state index is 9.44. The predicted molar refractivity (Wildman–Crippen MR) is 54.3 cm³/mol. The van der Waals surface area contributed by atoms with E-state index in [2.05, 4.69) is 6.58 Å². The molecule has 5 heteroatoms. The molecule has 0 heterocycles. The van der Waals surface area contributed by atoms with E-state index in [1.165, 1.54) is 50.4 Å². The molecule has 0 aromatic heterocycles. The summed E-state index contributed by atoms with van der Waals surface area (Å²) >= 11 is 1.45. The van der Waals surface area contributed by atoms with Gasteiger partial charge in [0.2, 0.25) is 0 Å². The van der Waals surface area contributed by atoms with E-state index in [1.807, 2.05) is 0 Å². The Balaban J connectivity index is 0.000000226. The standard InChI is InChI=1S/C6H11.C2H4O3S.Na/c1-2-4-6-5-3-1;1-2-6(3,4)5;/h1H,2-6H2;2H,1H2,(H,3,4,5);. The molecular weight excluding hydrogens is 199 g/mol. The van der Waals surface area contributed by atoms with E-state index in [1.54, 1.807) is 12.8 Å². The molecule has 0 saturated heterocycles. The van der Waals surface area contributed by atoms with Gasteiger partial charge in [0, 0.05) is 0 Å². The van der Waals surface area contributed by atoms with Crippen LogP contribution in [0.2, 0.25) is 3.17 Å². The summed E-state index contributed by atoms with van der Waals surface area (Å²) in [4.78, 5) is 0. The normalized spacial score (nSPS) is 18.7. The van der Waals surface area contributed by atoms with Crippen LogP contribution in [0.1, 0.15) is 32.1 Å². The van der Waals surface area contributed by atoms with Crippen molar-refractivity contribution < 1.29 is 13.0 Å². The summed E-state index contributed by atoms with van der Waals surface area (Å²) in [6, 6.07) is 0. The molecule has 0 spiro atoms. The number of rotatable bonds is 1. The Morgan fingerprint density at radius 3 is 1.85 bits per heavy atom. The third kappa shape index (κ3) is 10.6. The van der Waals surface area contributed by atoms with E-state index in [0.717, 1.165) is 0 Å². The fraction of sp³-hybridized carbons (Fsp3) is 0.750. The van der Waals surface area contributed by atoms with Crippen molar-refractivity contribution in [1.29, 1.82) is 0 Å². The first-order valence-corrected chi connectivity index (χ1v) is 7.21. The van der Waals surface area contributed by atoms with Crippen LogP contribution in [0.5, 0.6) is 0 Å². The van der Waals surface area contributed by atoms with E-state index < -0.39 is 10.1 Å². The third-order valence-electron chi connectivity index (χ3n) is 2.10. The summed E-state index contributed by atoms with van der Waals surface area (Å²) in [7, 11) is -3.90. The topological polar surface area (TPSA) is 54.4 Å². The molecule has 1 rings (SSSR count). The fourth-order valence-electron chi connectivity index (χ4n) is 1.31. The zero-order valence-corrected chi connectivity index (χ0v) is 10.9. The molecule has 1 aliphatic carbocycles. The van der Waals surface area contributed by atoms with Crippen LogP contribution in [0.15, 0.2) is 12.0 Å². The Morgan fingerprint density at radius 2 is 1.69 bits per heavy atom. The fourth-order valence-corrected chi connectivity index (χ4v) is 2.12. The number of hydrogen-bond donors (Lipinski definition) is 1. The van der Waals surface area contributed by atoms with Gasteiger partial charge in [0.15, 0.2) is 0 Å². The van der Waals surface area contributed by atoms with Crippen LogP contribution in [0, 0.1) is 0 Å². The van der Waals surface area contributed by atoms with Gasteiger partial charge in [-0.2, -0.15) is 8.42 Å². The molecule has 0 unspecified atom stereocenters. The average molecular weight is 214 g/mol. The summed E-state index contributed by atoms with van der Waals surface area (Å²) in [6.07, 6.45) is 7.65. The summed E-state index contributed by atoms with van der Waals surface area (Å²) < 4.78 is 27.7. The van der Waals surface area contributed by atoms with Gasteiger partial charge in [-0.05, 0) is 0 Å². The van der Waals surface area contributed by atoms with Crippen LogP contribution >= 0.6 is 0 Å². The SMILES string of the molecule is C=CS(=O)(=O)O.[Na][CH]1CCCCC1. The van der Waals surface area contributed by atoms with Gasteiger partial charge < -0.3 is 0 Å². The Bertz CT molecular complexity index is 218. The molecule has 13 heavy (non-hydrogen) atoms. The summed E-state index contributed by atoms with van der Waals surface area (Å²) in [5, 5.41) is 0.465. The minimum atomic E-state index is -3.90. The Morgan fingerprint density at radius 1 is 1.31 bits per heavy atom. The molecule has 0 radical (unpaired) electrons. The molecule has 1 N–H and O–H groups in total. The van der Waals surface area contributed by atoms with Gasteiger partial charge in [0.1, 0.15) is 0 Å². The van der Waals surface area contributed by atoms with Crippen molar-refractivity contribution in [3.05, 3.63) is 12.0 Å². The van der Waals surface area contributed by atoms with E-state index in [4.69, 9.17) is 4.55 Å².